The van der Waals surface area contributed by atoms with Crippen LogP contribution in [0.5, 0.6) is 0 Å². The van der Waals surface area contributed by atoms with Crippen molar-refractivity contribution in [2.75, 3.05) is 19.8 Å². The molecular formula is C14H27NO. The molecule has 0 bridgehead atoms. The highest BCUT2D eigenvalue weighted by atomic mass is 16.5. The summed E-state index contributed by atoms with van der Waals surface area (Å²) in [7, 11) is 0. The zero-order valence-corrected chi connectivity index (χ0v) is 11.3. The maximum Gasteiger partial charge on any atom is 0.0531 e. The van der Waals surface area contributed by atoms with Gasteiger partial charge in [0.2, 0.25) is 0 Å². The van der Waals surface area contributed by atoms with E-state index in [-0.39, 0.29) is 5.54 Å². The summed E-state index contributed by atoms with van der Waals surface area (Å²) in [6, 6.07) is 0. The molecule has 0 spiro atoms. The summed E-state index contributed by atoms with van der Waals surface area (Å²) in [5.74, 6) is 0.670. The molecule has 0 amide bonds. The SMILES string of the molecule is CC(=CCCNC(C)(C)C)C1CCCOC1. The Morgan fingerprint density at radius 2 is 2.19 bits per heavy atom. The quantitative estimate of drug-likeness (QED) is 0.586. The maximum atomic E-state index is 5.51. The van der Waals surface area contributed by atoms with Crippen molar-refractivity contribution in [2.45, 2.75) is 52.5 Å². The van der Waals surface area contributed by atoms with Crippen LogP contribution in [0, 0.1) is 5.92 Å². The lowest BCUT2D eigenvalue weighted by Crippen LogP contribution is -2.36. The summed E-state index contributed by atoms with van der Waals surface area (Å²) in [4.78, 5) is 0. The van der Waals surface area contributed by atoms with Gasteiger partial charge in [-0.3, -0.25) is 0 Å². The second kappa shape index (κ2) is 6.41. The molecule has 2 heteroatoms. The summed E-state index contributed by atoms with van der Waals surface area (Å²) in [5, 5.41) is 3.50. The minimum atomic E-state index is 0.232. The van der Waals surface area contributed by atoms with Gasteiger partial charge in [0.05, 0.1) is 6.61 Å². The third-order valence-electron chi connectivity index (χ3n) is 3.07. The van der Waals surface area contributed by atoms with Crippen LogP contribution in [0.2, 0.25) is 0 Å². The van der Waals surface area contributed by atoms with Crippen molar-refractivity contribution in [3.8, 4) is 0 Å². The largest absolute Gasteiger partial charge is 0.381 e. The summed E-state index contributed by atoms with van der Waals surface area (Å²) in [6.45, 7) is 11.8. The Kier molecular flexibility index (Phi) is 5.50. The van der Waals surface area contributed by atoms with E-state index in [1.165, 1.54) is 18.4 Å². The fourth-order valence-electron chi connectivity index (χ4n) is 2.01. The van der Waals surface area contributed by atoms with Gasteiger partial charge in [-0.2, -0.15) is 0 Å². The number of hydrogen-bond acceptors (Lipinski definition) is 2. The lowest BCUT2D eigenvalue weighted by atomic mass is 9.94. The van der Waals surface area contributed by atoms with Crippen LogP contribution in [0.25, 0.3) is 0 Å². The molecule has 94 valence electrons. The van der Waals surface area contributed by atoms with Crippen LogP contribution in [0.15, 0.2) is 11.6 Å². The van der Waals surface area contributed by atoms with Crippen LogP contribution in [-0.4, -0.2) is 25.3 Å². The maximum absolute atomic E-state index is 5.51. The van der Waals surface area contributed by atoms with Crippen molar-refractivity contribution in [3.63, 3.8) is 0 Å². The van der Waals surface area contributed by atoms with E-state index < -0.39 is 0 Å². The molecule has 2 nitrogen and oxygen atoms in total. The van der Waals surface area contributed by atoms with Crippen LogP contribution < -0.4 is 5.32 Å². The van der Waals surface area contributed by atoms with Gasteiger partial charge in [0.15, 0.2) is 0 Å². The van der Waals surface area contributed by atoms with Crippen molar-refractivity contribution < 1.29 is 4.74 Å². The smallest absolute Gasteiger partial charge is 0.0531 e. The molecule has 0 aromatic carbocycles. The topological polar surface area (TPSA) is 21.3 Å². The molecule has 0 saturated carbocycles. The molecule has 16 heavy (non-hydrogen) atoms. The number of nitrogens with one attached hydrogen (secondary N) is 1. The molecular weight excluding hydrogens is 198 g/mol. The Hall–Kier alpha value is -0.340. The second-order valence-electron chi connectivity index (χ2n) is 5.83. The van der Waals surface area contributed by atoms with Crippen LogP contribution in [-0.2, 0) is 4.74 Å². The first-order chi connectivity index (χ1) is 7.49. The summed E-state index contributed by atoms with van der Waals surface area (Å²) >= 11 is 0. The van der Waals surface area contributed by atoms with Crippen LogP contribution in [0.3, 0.4) is 0 Å². The van der Waals surface area contributed by atoms with Gasteiger partial charge in [0.25, 0.3) is 0 Å². The highest BCUT2D eigenvalue weighted by molar-refractivity contribution is 5.04. The fraction of sp³-hybridized carbons (Fsp3) is 0.857. The second-order valence-corrected chi connectivity index (χ2v) is 5.83. The van der Waals surface area contributed by atoms with Gasteiger partial charge in [-0.15, -0.1) is 0 Å². The minimum absolute atomic E-state index is 0.232. The predicted octanol–water partition coefficient (Wildman–Crippen LogP) is 3.14. The molecule has 1 aliphatic rings. The Balaban J connectivity index is 2.22. The summed E-state index contributed by atoms with van der Waals surface area (Å²) in [5.41, 5.74) is 1.74. The molecule has 1 atom stereocenters. The van der Waals surface area contributed by atoms with Gasteiger partial charge in [-0.05, 0) is 53.5 Å². The number of rotatable bonds is 4. The summed E-state index contributed by atoms with van der Waals surface area (Å²) in [6.07, 6.45) is 6.02. The van der Waals surface area contributed by atoms with Gasteiger partial charge in [-0.1, -0.05) is 11.6 Å². The Morgan fingerprint density at radius 3 is 2.75 bits per heavy atom. The average molecular weight is 225 g/mol. The summed E-state index contributed by atoms with van der Waals surface area (Å²) < 4.78 is 5.51. The van der Waals surface area contributed by atoms with E-state index >= 15 is 0 Å². The molecule has 1 aliphatic heterocycles. The number of hydrogen-bond donors (Lipinski definition) is 1. The molecule has 1 N–H and O–H groups in total. The molecule has 1 saturated heterocycles. The zero-order chi connectivity index (χ0) is 12.0. The molecule has 0 aliphatic carbocycles. The first-order valence-electron chi connectivity index (χ1n) is 6.48. The minimum Gasteiger partial charge on any atom is -0.381 e. The van der Waals surface area contributed by atoms with E-state index in [9.17, 15) is 0 Å². The monoisotopic (exact) mass is 225 g/mol. The fourth-order valence-corrected chi connectivity index (χ4v) is 2.01. The molecule has 0 aromatic heterocycles. The van der Waals surface area contributed by atoms with E-state index in [4.69, 9.17) is 4.74 Å². The van der Waals surface area contributed by atoms with Gasteiger partial charge in [0, 0.05) is 18.1 Å². The van der Waals surface area contributed by atoms with Crippen LogP contribution in [0.4, 0.5) is 0 Å². The van der Waals surface area contributed by atoms with Crippen LogP contribution in [0.1, 0.15) is 47.0 Å². The first-order valence-corrected chi connectivity index (χ1v) is 6.48. The Morgan fingerprint density at radius 1 is 1.44 bits per heavy atom. The van der Waals surface area contributed by atoms with E-state index in [1.54, 1.807) is 0 Å². The molecule has 1 rings (SSSR count). The van der Waals surface area contributed by atoms with Gasteiger partial charge in [-0.25, -0.2) is 0 Å². The van der Waals surface area contributed by atoms with Crippen molar-refractivity contribution in [3.05, 3.63) is 11.6 Å². The highest BCUT2D eigenvalue weighted by Gasteiger charge is 2.15. The zero-order valence-electron chi connectivity index (χ0n) is 11.3. The average Bonchev–Trinajstić information content (AvgIpc) is 2.24. The third-order valence-corrected chi connectivity index (χ3v) is 3.07. The molecule has 0 radical (unpaired) electrons. The van der Waals surface area contributed by atoms with Crippen molar-refractivity contribution in [1.29, 1.82) is 0 Å². The Bertz CT molecular complexity index is 221. The van der Waals surface area contributed by atoms with E-state index in [1.807, 2.05) is 0 Å². The third kappa shape index (κ3) is 5.66. The van der Waals surface area contributed by atoms with Crippen molar-refractivity contribution in [1.82, 2.24) is 5.32 Å². The van der Waals surface area contributed by atoms with E-state index in [2.05, 4.69) is 39.1 Å². The molecule has 1 heterocycles. The van der Waals surface area contributed by atoms with Gasteiger partial charge >= 0.3 is 0 Å². The normalized spacial score (nSPS) is 23.5. The lowest BCUT2D eigenvalue weighted by Gasteiger charge is -2.23. The van der Waals surface area contributed by atoms with Crippen LogP contribution >= 0.6 is 0 Å². The number of ether oxygens (including phenoxy) is 1. The molecule has 1 fully saturated rings. The molecule has 0 aromatic rings. The standard InChI is InChI=1S/C14H27NO/c1-12(13-8-6-10-16-11-13)7-5-9-15-14(2,3)4/h7,13,15H,5-6,8-11H2,1-4H3. The predicted molar refractivity (Wildman–Crippen MR) is 69.7 cm³/mol. The van der Waals surface area contributed by atoms with Gasteiger partial charge < -0.3 is 10.1 Å². The van der Waals surface area contributed by atoms with Crippen molar-refractivity contribution in [2.24, 2.45) is 5.92 Å². The van der Waals surface area contributed by atoms with Crippen molar-refractivity contribution >= 4 is 0 Å². The van der Waals surface area contributed by atoms with E-state index in [0.29, 0.717) is 5.92 Å². The van der Waals surface area contributed by atoms with E-state index in [0.717, 1.165) is 26.2 Å². The molecule has 1 unspecified atom stereocenters. The first kappa shape index (κ1) is 13.7. The lowest BCUT2D eigenvalue weighted by molar-refractivity contribution is 0.0672. The highest BCUT2D eigenvalue weighted by Crippen LogP contribution is 2.21. The van der Waals surface area contributed by atoms with Gasteiger partial charge in [0.1, 0.15) is 0 Å². The Labute approximate surface area is 100 Å².